The average Bonchev–Trinajstić information content (AvgIpc) is 3.76. The molecule has 1 aromatic heterocycles. The van der Waals surface area contributed by atoms with Gasteiger partial charge in [0.15, 0.2) is 12.4 Å². The van der Waals surface area contributed by atoms with E-state index in [1.165, 1.54) is 36.7 Å². The fourth-order valence-electron chi connectivity index (χ4n) is 5.95. The molecule has 2 aliphatic carbocycles. The third-order valence-electron chi connectivity index (χ3n) is 8.14. The van der Waals surface area contributed by atoms with Gasteiger partial charge in [0, 0.05) is 50.2 Å². The highest BCUT2D eigenvalue weighted by atomic mass is 19.3. The number of nitrogens with zero attached hydrogens (tertiary/aromatic N) is 4. The number of likely N-dealkylation sites (tertiary alicyclic amines) is 1. The minimum atomic E-state index is -2.98. The predicted molar refractivity (Wildman–Crippen MR) is 143 cm³/mol. The molecule has 1 amide bonds. The molecule has 207 valence electrons. The third kappa shape index (κ3) is 5.21. The summed E-state index contributed by atoms with van der Waals surface area (Å²) in [6.07, 6.45) is 7.62. The summed E-state index contributed by atoms with van der Waals surface area (Å²) in [6.45, 7) is 4.12. The highest BCUT2D eigenvalue weighted by molar-refractivity contribution is 5.95. The van der Waals surface area contributed by atoms with Gasteiger partial charge in [0.25, 0.3) is 17.9 Å². The fraction of sp³-hybridized carbons (Fsp3) is 0.419. The van der Waals surface area contributed by atoms with Crippen molar-refractivity contribution in [1.82, 2.24) is 9.88 Å². The number of benzene rings is 1. The van der Waals surface area contributed by atoms with Crippen molar-refractivity contribution < 1.29 is 27.8 Å². The molecule has 1 saturated carbocycles. The van der Waals surface area contributed by atoms with E-state index >= 15 is 0 Å². The van der Waals surface area contributed by atoms with E-state index in [0.717, 1.165) is 29.9 Å². The summed E-state index contributed by atoms with van der Waals surface area (Å²) in [5.41, 5.74) is 4.65. The molecular formula is C31H32F2N4O3+. The third-order valence-corrected chi connectivity index (χ3v) is 8.14. The number of allylic oxidation sites excluding steroid dienone is 2. The van der Waals surface area contributed by atoms with E-state index in [0.29, 0.717) is 43.7 Å². The molecule has 4 aliphatic rings. The maximum absolute atomic E-state index is 13.8. The van der Waals surface area contributed by atoms with E-state index in [1.807, 2.05) is 4.70 Å². The predicted octanol–water partition coefficient (Wildman–Crippen LogP) is 6.36. The highest BCUT2D eigenvalue weighted by Gasteiger charge is 2.52. The molecule has 6 rings (SSSR count). The first kappa shape index (κ1) is 26.5. The zero-order valence-electron chi connectivity index (χ0n) is 22.5. The quantitative estimate of drug-likeness (QED) is 0.285. The molecule has 0 bridgehead atoms. The Balaban J connectivity index is 1.27. The van der Waals surface area contributed by atoms with Crippen LogP contribution in [0.4, 0.5) is 14.5 Å². The van der Waals surface area contributed by atoms with Crippen molar-refractivity contribution in [2.45, 2.75) is 63.3 Å². The second-order valence-corrected chi connectivity index (χ2v) is 11.2. The van der Waals surface area contributed by atoms with Crippen LogP contribution in [0.25, 0.3) is 0 Å². The number of carbonyl (C=O) groups excluding carboxylic acids is 2. The van der Waals surface area contributed by atoms with Gasteiger partial charge >= 0.3 is 0 Å². The van der Waals surface area contributed by atoms with Crippen LogP contribution in [0.5, 0.6) is 5.88 Å². The summed E-state index contributed by atoms with van der Waals surface area (Å²) in [4.78, 5) is 32.4. The first-order valence-electron chi connectivity index (χ1n) is 13.9. The first-order valence-corrected chi connectivity index (χ1v) is 13.9. The Morgan fingerprint density at radius 3 is 2.58 bits per heavy atom. The summed E-state index contributed by atoms with van der Waals surface area (Å²) in [7, 11) is 0. The van der Waals surface area contributed by atoms with Gasteiger partial charge in [0.05, 0.1) is 17.2 Å². The molecule has 2 unspecified atom stereocenters. The molecule has 0 N–H and O–H groups in total. The zero-order valence-corrected chi connectivity index (χ0v) is 22.5. The Morgan fingerprint density at radius 1 is 1.15 bits per heavy atom. The van der Waals surface area contributed by atoms with E-state index in [9.17, 15) is 18.4 Å². The average molecular weight is 547 g/mol. The van der Waals surface area contributed by atoms with E-state index in [1.54, 1.807) is 11.0 Å². The van der Waals surface area contributed by atoms with Crippen molar-refractivity contribution in [3.63, 3.8) is 0 Å². The lowest BCUT2D eigenvalue weighted by atomic mass is 9.84. The van der Waals surface area contributed by atoms with E-state index in [2.05, 4.69) is 35.8 Å². The molecular weight excluding hydrogens is 514 g/mol. The molecule has 2 atom stereocenters. The monoisotopic (exact) mass is 546 g/mol. The van der Waals surface area contributed by atoms with Crippen LogP contribution in [0.3, 0.4) is 0 Å². The zero-order chi connectivity index (χ0) is 28.0. The van der Waals surface area contributed by atoms with Gasteiger partial charge in [-0.25, -0.2) is 13.8 Å². The molecule has 9 heteroatoms. The smallest absolute Gasteiger partial charge is 0.291 e. The number of carbonyl (C=O) groups is 2. The number of alkyl halides is 2. The topological polar surface area (TPSA) is 74.9 Å². The molecule has 3 heterocycles. The summed E-state index contributed by atoms with van der Waals surface area (Å²) in [5.74, 6) is -2.79. The van der Waals surface area contributed by atoms with Crippen molar-refractivity contribution in [2.75, 3.05) is 13.2 Å². The maximum Gasteiger partial charge on any atom is 0.291 e. The van der Waals surface area contributed by atoms with Gasteiger partial charge in [-0.1, -0.05) is 23.4 Å². The summed E-state index contributed by atoms with van der Waals surface area (Å²) < 4.78 is 33.4. The largest absolute Gasteiger partial charge is 0.471 e. The van der Waals surface area contributed by atoms with Crippen molar-refractivity contribution in [3.05, 3.63) is 83.7 Å². The van der Waals surface area contributed by atoms with E-state index in [4.69, 9.17) is 9.85 Å². The SMILES string of the molecule is C=CC(=O)C1CCC2=C3[C](CCN(C(=O)c4ccc(OCC(C)(F)F)nc4)C3C1)[N+](c1ccc(C3CC3)cc1)=N2. The van der Waals surface area contributed by atoms with Crippen LogP contribution in [0.2, 0.25) is 0 Å². The molecule has 1 aromatic carbocycles. The number of ether oxygens (including phenoxy) is 1. The molecule has 7 nitrogen and oxygen atoms in total. The number of azo groups is 2. The number of rotatable bonds is 8. The van der Waals surface area contributed by atoms with E-state index < -0.39 is 12.5 Å². The van der Waals surface area contributed by atoms with Crippen LogP contribution in [-0.4, -0.2) is 51.4 Å². The minimum absolute atomic E-state index is 0.0240. The van der Waals surface area contributed by atoms with Gasteiger partial charge in [-0.2, -0.15) is 0 Å². The Bertz CT molecular complexity index is 1390. The van der Waals surface area contributed by atoms with E-state index in [-0.39, 0.29) is 29.5 Å². The highest BCUT2D eigenvalue weighted by Crippen LogP contribution is 2.48. The summed E-state index contributed by atoms with van der Waals surface area (Å²) >= 11 is 0. The van der Waals surface area contributed by atoms with Gasteiger partial charge in [-0.15, -0.1) is 0 Å². The molecule has 2 aromatic rings. The molecule has 1 saturated heterocycles. The number of halogens is 2. The number of hydrogen-bond donors (Lipinski definition) is 0. The van der Waals surface area contributed by atoms with Gasteiger partial charge in [0.2, 0.25) is 11.6 Å². The molecule has 1 radical (unpaired) electrons. The second kappa shape index (κ2) is 10.3. The lowest BCUT2D eigenvalue weighted by molar-refractivity contribution is -0.487. The van der Waals surface area contributed by atoms with Crippen molar-refractivity contribution >= 4 is 17.4 Å². The standard InChI is InChI=1S/C31H32F2N4O3/c1-3-27(38)21-8-12-24-29-25(37(35-24)23-10-6-20(7-11-23)19-4-5-19)14-15-36(26(29)16-21)30(39)22-9-13-28(34-17-22)40-18-31(2,32)33/h3,6-7,9-11,13,17,19,21,26H,1,4-5,8,12,14-16,18H2,2H3/q+1. The van der Waals surface area contributed by atoms with Crippen molar-refractivity contribution in [3.8, 4) is 5.88 Å². The van der Waals surface area contributed by atoms with Crippen LogP contribution in [0, 0.1) is 12.0 Å². The number of pyridine rings is 1. The van der Waals surface area contributed by atoms with Crippen LogP contribution in [0.15, 0.2) is 71.6 Å². The molecule has 40 heavy (non-hydrogen) atoms. The normalized spacial score (nSPS) is 22.9. The number of piperidine rings is 1. The Labute approximate surface area is 232 Å². The lowest BCUT2D eigenvalue weighted by Gasteiger charge is -2.38. The number of hydrogen-bond acceptors (Lipinski definition) is 5. The molecule has 2 fully saturated rings. The Hall–Kier alpha value is -3.75. The number of amides is 1. The van der Waals surface area contributed by atoms with Crippen LogP contribution >= 0.6 is 0 Å². The molecule has 2 aliphatic heterocycles. The maximum atomic E-state index is 13.8. The first-order chi connectivity index (χ1) is 19.2. The van der Waals surface area contributed by atoms with Gasteiger partial charge < -0.3 is 9.64 Å². The number of aromatic nitrogens is 1. The van der Waals surface area contributed by atoms with Crippen LogP contribution in [-0.2, 0) is 4.79 Å². The van der Waals surface area contributed by atoms with Crippen LogP contribution < -0.4 is 4.74 Å². The van der Waals surface area contributed by atoms with Gasteiger partial charge in [-0.05, 0) is 60.8 Å². The Morgan fingerprint density at radius 2 is 1.93 bits per heavy atom. The second-order valence-electron chi connectivity index (χ2n) is 11.2. The van der Waals surface area contributed by atoms with Crippen LogP contribution in [0.1, 0.15) is 67.3 Å². The minimum Gasteiger partial charge on any atom is -0.471 e. The van der Waals surface area contributed by atoms with Gasteiger partial charge in [0.1, 0.15) is 5.70 Å². The van der Waals surface area contributed by atoms with Crippen molar-refractivity contribution in [1.29, 1.82) is 0 Å². The number of ketones is 1. The summed E-state index contributed by atoms with van der Waals surface area (Å²) in [5, 5.41) is 5.02. The summed E-state index contributed by atoms with van der Waals surface area (Å²) in [6, 6.07) is 12.3. The van der Waals surface area contributed by atoms with Crippen molar-refractivity contribution in [2.24, 2.45) is 11.0 Å². The fourth-order valence-corrected chi connectivity index (χ4v) is 5.95. The Kier molecular flexibility index (Phi) is 6.84. The lowest BCUT2D eigenvalue weighted by Crippen LogP contribution is -2.48. The van der Waals surface area contributed by atoms with Gasteiger partial charge in [-0.3, -0.25) is 9.59 Å². The molecule has 0 spiro atoms.